The van der Waals surface area contributed by atoms with Crippen LogP contribution in [0.5, 0.6) is 0 Å². The van der Waals surface area contributed by atoms with Crippen molar-refractivity contribution in [2.45, 2.75) is 313 Å². The molecule has 2 aliphatic rings. The fourth-order valence-corrected chi connectivity index (χ4v) is 9.87. The Morgan fingerprint density at radius 1 is 0.442 bits per heavy atom. The first kappa shape index (κ1) is 71.1. The fraction of sp³-hybridized carbons (Fsp3) is 0.857. The van der Waals surface area contributed by atoms with Gasteiger partial charge in [0.15, 0.2) is 12.6 Å². The van der Waals surface area contributed by atoms with E-state index < -0.39 is 80.7 Å². The molecule has 0 aliphatic carbocycles. The van der Waals surface area contributed by atoms with Gasteiger partial charge in [-0.15, -0.1) is 0 Å². The van der Waals surface area contributed by atoms with Crippen molar-refractivity contribution in [2.24, 2.45) is 0 Å². The number of hydrogen-bond acceptors (Lipinski definition) is 14. The minimum absolute atomic E-state index is 0.0576. The third-order valence-corrected chi connectivity index (χ3v) is 14.9. The van der Waals surface area contributed by atoms with Crippen LogP contribution in [0.4, 0.5) is 0 Å². The molecule has 0 amide bonds. The van der Waals surface area contributed by atoms with Gasteiger partial charge in [0.25, 0.3) is 0 Å². The lowest BCUT2D eigenvalue weighted by molar-refractivity contribution is -0.332. The van der Waals surface area contributed by atoms with Gasteiger partial charge in [-0.1, -0.05) is 236 Å². The quantitative estimate of drug-likeness (QED) is 0.0172. The average molecular weight is 1100 g/mol. The summed E-state index contributed by atoms with van der Waals surface area (Å²) in [7, 11) is 0. The molecular weight excluding hydrogens is 981 g/mol. The summed E-state index contributed by atoms with van der Waals surface area (Å²) in [6.45, 7) is 3.60. The monoisotopic (exact) mass is 1090 g/mol. The Hall–Kier alpha value is -2.05. The van der Waals surface area contributed by atoms with Gasteiger partial charge in [0.1, 0.15) is 54.9 Å². The van der Waals surface area contributed by atoms with Gasteiger partial charge in [0.05, 0.1) is 26.4 Å². The maximum Gasteiger partial charge on any atom is 0.306 e. The van der Waals surface area contributed by atoms with Crippen LogP contribution in [0, 0.1) is 0 Å². The molecule has 2 saturated heterocycles. The Labute approximate surface area is 467 Å². The van der Waals surface area contributed by atoms with Crippen molar-refractivity contribution in [3.63, 3.8) is 0 Å². The molecule has 14 nitrogen and oxygen atoms in total. The van der Waals surface area contributed by atoms with Crippen LogP contribution < -0.4 is 0 Å². The number of aliphatic hydroxyl groups is 7. The summed E-state index contributed by atoms with van der Waals surface area (Å²) in [5.41, 5.74) is 0. The summed E-state index contributed by atoms with van der Waals surface area (Å²) < 4.78 is 34.5. The number of unbranched alkanes of at least 4 members (excludes halogenated alkanes) is 29. The number of carbonyl (C=O) groups excluding carboxylic acids is 1. The predicted octanol–water partition coefficient (Wildman–Crippen LogP) is 11.9. The highest BCUT2D eigenvalue weighted by Gasteiger charge is 2.47. The molecule has 77 heavy (non-hydrogen) atoms. The van der Waals surface area contributed by atoms with Crippen LogP contribution in [-0.4, -0.2) is 142 Å². The fourth-order valence-electron chi connectivity index (χ4n) is 9.87. The number of hydrogen-bond donors (Lipinski definition) is 7. The summed E-state index contributed by atoms with van der Waals surface area (Å²) >= 11 is 0. The Kier molecular flexibility index (Phi) is 45.9. The largest absolute Gasteiger partial charge is 0.457 e. The number of ether oxygens (including phenoxy) is 6. The summed E-state index contributed by atoms with van der Waals surface area (Å²) in [6, 6.07) is 0. The van der Waals surface area contributed by atoms with Gasteiger partial charge in [0, 0.05) is 13.0 Å². The molecule has 0 aromatic rings. The van der Waals surface area contributed by atoms with Crippen LogP contribution in [0.25, 0.3) is 0 Å². The van der Waals surface area contributed by atoms with Crippen LogP contribution in [0.2, 0.25) is 0 Å². The second-order valence-corrected chi connectivity index (χ2v) is 21.9. The molecule has 450 valence electrons. The molecule has 0 bridgehead atoms. The first-order chi connectivity index (χ1) is 37.6. The van der Waals surface area contributed by atoms with E-state index in [9.17, 15) is 40.5 Å². The molecule has 0 saturated carbocycles. The summed E-state index contributed by atoms with van der Waals surface area (Å²) in [5, 5.41) is 72.4. The van der Waals surface area contributed by atoms with Gasteiger partial charge in [-0.05, 0) is 51.4 Å². The van der Waals surface area contributed by atoms with Crippen molar-refractivity contribution in [2.75, 3.05) is 33.0 Å². The van der Waals surface area contributed by atoms with Crippen molar-refractivity contribution < 1.29 is 69.0 Å². The highest BCUT2D eigenvalue weighted by Crippen LogP contribution is 2.27. The Bertz CT molecular complexity index is 1460. The zero-order valence-electron chi connectivity index (χ0n) is 48.4. The smallest absolute Gasteiger partial charge is 0.306 e. The van der Waals surface area contributed by atoms with E-state index in [2.05, 4.69) is 62.5 Å². The number of rotatable bonds is 51. The van der Waals surface area contributed by atoms with E-state index in [1.165, 1.54) is 135 Å². The topological polar surface area (TPSA) is 214 Å². The molecule has 2 fully saturated rings. The first-order valence-electron chi connectivity index (χ1n) is 31.2. The zero-order valence-corrected chi connectivity index (χ0v) is 48.4. The normalized spacial score (nSPS) is 24.6. The lowest BCUT2D eigenvalue weighted by atomic mass is 9.98. The summed E-state index contributed by atoms with van der Waals surface area (Å²) in [5.74, 6) is -0.386. The molecule has 2 rings (SSSR count). The van der Waals surface area contributed by atoms with Gasteiger partial charge in [0.2, 0.25) is 0 Å². The van der Waals surface area contributed by atoms with Gasteiger partial charge in [-0.3, -0.25) is 4.79 Å². The third kappa shape index (κ3) is 36.1. The van der Waals surface area contributed by atoms with Crippen LogP contribution >= 0.6 is 0 Å². The molecule has 2 aliphatic heterocycles. The Morgan fingerprint density at radius 3 is 1.32 bits per heavy atom. The van der Waals surface area contributed by atoms with Crippen LogP contribution in [0.15, 0.2) is 48.6 Å². The number of esters is 1. The van der Waals surface area contributed by atoms with E-state index in [0.717, 1.165) is 83.5 Å². The minimum atomic E-state index is -1.71. The maximum atomic E-state index is 13.1. The van der Waals surface area contributed by atoms with Crippen molar-refractivity contribution in [1.82, 2.24) is 0 Å². The second-order valence-electron chi connectivity index (χ2n) is 21.9. The van der Waals surface area contributed by atoms with E-state index in [1.54, 1.807) is 0 Å². The van der Waals surface area contributed by atoms with Gasteiger partial charge >= 0.3 is 5.97 Å². The molecule has 0 spiro atoms. The number of carbonyl (C=O) groups is 1. The summed E-state index contributed by atoms with van der Waals surface area (Å²) in [6.07, 6.45) is 44.6. The zero-order chi connectivity index (χ0) is 55.8. The van der Waals surface area contributed by atoms with Crippen LogP contribution in [-0.2, 0) is 33.2 Å². The minimum Gasteiger partial charge on any atom is -0.457 e. The molecule has 11 atom stereocenters. The molecule has 14 heteroatoms. The Morgan fingerprint density at radius 2 is 0.844 bits per heavy atom. The van der Waals surface area contributed by atoms with Gasteiger partial charge in [-0.2, -0.15) is 0 Å². The molecule has 0 radical (unpaired) electrons. The lowest BCUT2D eigenvalue weighted by Gasteiger charge is -2.42. The van der Waals surface area contributed by atoms with Crippen LogP contribution in [0.3, 0.4) is 0 Å². The third-order valence-electron chi connectivity index (χ3n) is 14.9. The molecule has 2 heterocycles. The van der Waals surface area contributed by atoms with Crippen molar-refractivity contribution in [3.05, 3.63) is 48.6 Å². The SMILES string of the molecule is CC/C=C\C/C=C\C/C=C\C/C=C\CCCCCCCCC(=O)OC(COCCCCCCCCCCCCCCCCCCCCCCCCCC)COC1OC(COC2OC(CO)C(O)C(O)C2O)C(O)C(O)C1O. The molecule has 0 aromatic heterocycles. The highest BCUT2D eigenvalue weighted by molar-refractivity contribution is 5.69. The second kappa shape index (κ2) is 49.7. The predicted molar refractivity (Wildman–Crippen MR) is 307 cm³/mol. The average Bonchev–Trinajstić information content (AvgIpc) is 3.43. The van der Waals surface area contributed by atoms with Crippen molar-refractivity contribution >= 4 is 5.97 Å². The molecular formula is C63H114O14. The van der Waals surface area contributed by atoms with E-state index in [1.807, 2.05) is 0 Å². The van der Waals surface area contributed by atoms with E-state index in [0.29, 0.717) is 13.0 Å². The van der Waals surface area contributed by atoms with Gasteiger partial charge < -0.3 is 64.2 Å². The van der Waals surface area contributed by atoms with Crippen molar-refractivity contribution in [3.8, 4) is 0 Å². The summed E-state index contributed by atoms with van der Waals surface area (Å²) in [4.78, 5) is 13.1. The standard InChI is InChI=1S/C63H114O14/c1-3-5-7-9-11-13-15-17-19-21-23-24-25-26-27-29-31-33-35-37-39-41-43-45-47-72-49-52(75-55(65)46-44-42-40-38-36-34-32-30-28-22-20-18-16-14-12-10-8-6-4-2)50-73-62-61(71)59(69)57(67)54(77-62)51-74-63-60(70)58(68)56(66)53(48-64)76-63/h6,8,12,14,18,20,28,30,52-54,56-64,66-71H,3-5,7,9-11,13,15-17,19,21-27,29,31-51H2,1-2H3/b8-6-,14-12-,20-18-,30-28-. The first-order valence-corrected chi connectivity index (χ1v) is 31.2. The lowest BCUT2D eigenvalue weighted by Crippen LogP contribution is -2.61. The Balaban J connectivity index is 1.68. The van der Waals surface area contributed by atoms with E-state index in [4.69, 9.17) is 28.4 Å². The number of allylic oxidation sites excluding steroid dienone is 8. The van der Waals surface area contributed by atoms with Crippen LogP contribution in [0.1, 0.15) is 245 Å². The van der Waals surface area contributed by atoms with E-state index >= 15 is 0 Å². The number of aliphatic hydroxyl groups excluding tert-OH is 7. The molecule has 0 aromatic carbocycles. The van der Waals surface area contributed by atoms with Gasteiger partial charge in [-0.25, -0.2) is 0 Å². The maximum absolute atomic E-state index is 13.1. The molecule has 7 N–H and O–H groups in total. The highest BCUT2D eigenvalue weighted by atomic mass is 16.7. The molecule has 11 unspecified atom stereocenters. The van der Waals surface area contributed by atoms with E-state index in [-0.39, 0.29) is 25.6 Å². The van der Waals surface area contributed by atoms with Crippen molar-refractivity contribution in [1.29, 1.82) is 0 Å².